The molecule has 0 aliphatic heterocycles. The zero-order valence-corrected chi connectivity index (χ0v) is 11.3. The van der Waals surface area contributed by atoms with Gasteiger partial charge < -0.3 is 4.90 Å². The van der Waals surface area contributed by atoms with Crippen molar-refractivity contribution < 1.29 is 4.79 Å². The van der Waals surface area contributed by atoms with Gasteiger partial charge in [-0.15, -0.1) is 11.3 Å². The quantitative estimate of drug-likeness (QED) is 0.801. The second-order valence-corrected chi connectivity index (χ2v) is 5.17. The summed E-state index contributed by atoms with van der Waals surface area (Å²) < 4.78 is 0. The number of carbonyl (C=O) groups excluding carboxylic acids is 1. The number of thiophene rings is 1. The highest BCUT2D eigenvalue weighted by Gasteiger charge is 2.10. The van der Waals surface area contributed by atoms with Gasteiger partial charge in [-0.05, 0) is 35.9 Å². The van der Waals surface area contributed by atoms with Crippen molar-refractivity contribution in [1.82, 2.24) is 0 Å². The molecule has 0 fully saturated rings. The second kappa shape index (κ2) is 6.36. The molecule has 0 saturated carbocycles. The third-order valence-corrected chi connectivity index (χ3v) is 3.85. The Morgan fingerprint density at radius 2 is 1.94 bits per heavy atom. The highest BCUT2D eigenvalue weighted by Crippen LogP contribution is 2.20. The van der Waals surface area contributed by atoms with Crippen LogP contribution in [-0.2, 0) is 11.2 Å². The van der Waals surface area contributed by atoms with Crippen LogP contribution >= 0.6 is 11.3 Å². The molecule has 0 atom stereocenters. The molecule has 0 aliphatic carbocycles. The molecular weight excluding hydrogens is 242 g/mol. The Hall–Kier alpha value is -1.61. The molecule has 3 heteroatoms. The van der Waals surface area contributed by atoms with Gasteiger partial charge in [-0.25, -0.2) is 0 Å². The summed E-state index contributed by atoms with van der Waals surface area (Å²) in [6.07, 6.45) is 2.46. The highest BCUT2D eigenvalue weighted by molar-refractivity contribution is 7.14. The largest absolute Gasteiger partial charge is 0.307 e. The molecule has 1 heterocycles. The van der Waals surface area contributed by atoms with Gasteiger partial charge in [-0.3, -0.25) is 4.79 Å². The van der Waals surface area contributed by atoms with E-state index < -0.39 is 0 Å². The average Bonchev–Trinajstić information content (AvgIpc) is 2.93. The van der Waals surface area contributed by atoms with Crippen LogP contribution in [0.15, 0.2) is 47.8 Å². The van der Waals surface area contributed by atoms with E-state index in [2.05, 4.69) is 12.1 Å². The Labute approximate surface area is 112 Å². The Morgan fingerprint density at radius 1 is 1.17 bits per heavy atom. The average molecular weight is 259 g/mol. The van der Waals surface area contributed by atoms with E-state index >= 15 is 0 Å². The molecule has 94 valence electrons. The van der Waals surface area contributed by atoms with Gasteiger partial charge in [-0.2, -0.15) is 0 Å². The highest BCUT2D eigenvalue weighted by atomic mass is 32.1. The molecule has 0 bridgehead atoms. The summed E-state index contributed by atoms with van der Waals surface area (Å²) in [5, 5.41) is 3.00. The lowest BCUT2D eigenvalue weighted by Crippen LogP contribution is -2.25. The SMILES string of the molecule is CN(C(=O)CCCc1ccccc1)c1cccs1. The normalized spacial score (nSPS) is 10.3. The molecule has 0 spiro atoms. The third kappa shape index (κ3) is 3.44. The molecular formula is C15H17NOS. The Morgan fingerprint density at radius 3 is 2.61 bits per heavy atom. The Bertz CT molecular complexity index is 478. The van der Waals surface area contributed by atoms with Crippen LogP contribution in [0.3, 0.4) is 0 Å². The topological polar surface area (TPSA) is 20.3 Å². The lowest BCUT2D eigenvalue weighted by molar-refractivity contribution is -0.118. The number of amides is 1. The summed E-state index contributed by atoms with van der Waals surface area (Å²) in [6.45, 7) is 0. The molecule has 1 aromatic carbocycles. The van der Waals surface area contributed by atoms with E-state index in [-0.39, 0.29) is 5.91 Å². The first kappa shape index (κ1) is 12.8. The van der Waals surface area contributed by atoms with E-state index in [1.165, 1.54) is 5.56 Å². The molecule has 18 heavy (non-hydrogen) atoms. The van der Waals surface area contributed by atoms with Crippen molar-refractivity contribution in [2.24, 2.45) is 0 Å². The minimum Gasteiger partial charge on any atom is -0.307 e. The summed E-state index contributed by atoms with van der Waals surface area (Å²) >= 11 is 1.59. The van der Waals surface area contributed by atoms with Crippen LogP contribution < -0.4 is 4.90 Å². The Kier molecular flexibility index (Phi) is 4.53. The van der Waals surface area contributed by atoms with Crippen LogP contribution in [0.1, 0.15) is 18.4 Å². The summed E-state index contributed by atoms with van der Waals surface area (Å²) in [6, 6.07) is 14.2. The van der Waals surface area contributed by atoms with Crippen molar-refractivity contribution in [3.8, 4) is 0 Å². The predicted octanol–water partition coefficient (Wildman–Crippen LogP) is 3.73. The fourth-order valence-electron chi connectivity index (χ4n) is 1.84. The van der Waals surface area contributed by atoms with Crippen molar-refractivity contribution in [3.63, 3.8) is 0 Å². The van der Waals surface area contributed by atoms with Gasteiger partial charge in [0, 0.05) is 13.5 Å². The minimum absolute atomic E-state index is 0.188. The molecule has 2 rings (SSSR count). The number of rotatable bonds is 5. The number of hydrogen-bond donors (Lipinski definition) is 0. The van der Waals surface area contributed by atoms with Gasteiger partial charge in [-0.1, -0.05) is 30.3 Å². The van der Waals surface area contributed by atoms with Gasteiger partial charge in [0.25, 0.3) is 0 Å². The predicted molar refractivity (Wildman–Crippen MR) is 77.1 cm³/mol. The van der Waals surface area contributed by atoms with Gasteiger partial charge in [0.2, 0.25) is 5.91 Å². The number of nitrogens with zero attached hydrogens (tertiary/aromatic N) is 1. The van der Waals surface area contributed by atoms with Crippen molar-refractivity contribution in [2.45, 2.75) is 19.3 Å². The molecule has 1 aromatic heterocycles. The minimum atomic E-state index is 0.188. The lowest BCUT2D eigenvalue weighted by Gasteiger charge is -2.14. The zero-order chi connectivity index (χ0) is 12.8. The van der Waals surface area contributed by atoms with Crippen molar-refractivity contribution >= 4 is 22.2 Å². The van der Waals surface area contributed by atoms with Crippen LogP contribution in [0.25, 0.3) is 0 Å². The van der Waals surface area contributed by atoms with E-state index in [1.807, 2.05) is 42.8 Å². The molecule has 0 saturated heterocycles. The van der Waals surface area contributed by atoms with Crippen LogP contribution in [0, 0.1) is 0 Å². The monoisotopic (exact) mass is 259 g/mol. The maximum Gasteiger partial charge on any atom is 0.227 e. The number of aryl methyl sites for hydroxylation is 1. The van der Waals surface area contributed by atoms with E-state index in [0.29, 0.717) is 6.42 Å². The van der Waals surface area contributed by atoms with E-state index in [1.54, 1.807) is 16.2 Å². The first-order chi connectivity index (χ1) is 8.77. The van der Waals surface area contributed by atoms with Crippen molar-refractivity contribution in [1.29, 1.82) is 0 Å². The van der Waals surface area contributed by atoms with Crippen LogP contribution in [-0.4, -0.2) is 13.0 Å². The van der Waals surface area contributed by atoms with E-state index in [4.69, 9.17) is 0 Å². The maximum absolute atomic E-state index is 12.0. The van der Waals surface area contributed by atoms with Crippen LogP contribution in [0.4, 0.5) is 5.00 Å². The number of carbonyl (C=O) groups is 1. The maximum atomic E-state index is 12.0. The number of benzene rings is 1. The van der Waals surface area contributed by atoms with Crippen LogP contribution in [0.2, 0.25) is 0 Å². The summed E-state index contributed by atoms with van der Waals surface area (Å²) in [5.41, 5.74) is 1.30. The standard InChI is InChI=1S/C15H17NOS/c1-16(15-11-6-12-18-15)14(17)10-5-9-13-7-3-2-4-8-13/h2-4,6-8,11-12H,5,9-10H2,1H3. The molecule has 0 unspecified atom stereocenters. The van der Waals surface area contributed by atoms with E-state index in [0.717, 1.165) is 17.8 Å². The summed E-state index contributed by atoms with van der Waals surface area (Å²) in [4.78, 5) is 13.7. The zero-order valence-electron chi connectivity index (χ0n) is 10.5. The molecule has 2 nitrogen and oxygen atoms in total. The molecule has 0 N–H and O–H groups in total. The fraction of sp³-hybridized carbons (Fsp3) is 0.267. The molecule has 0 aliphatic rings. The van der Waals surface area contributed by atoms with Crippen molar-refractivity contribution in [2.75, 3.05) is 11.9 Å². The van der Waals surface area contributed by atoms with Gasteiger partial charge in [0.15, 0.2) is 0 Å². The van der Waals surface area contributed by atoms with Gasteiger partial charge in [0.05, 0.1) is 5.00 Å². The second-order valence-electron chi connectivity index (χ2n) is 4.24. The number of anilines is 1. The molecule has 2 aromatic rings. The molecule has 0 radical (unpaired) electrons. The van der Waals surface area contributed by atoms with Crippen LogP contribution in [0.5, 0.6) is 0 Å². The molecule has 1 amide bonds. The van der Waals surface area contributed by atoms with Crippen molar-refractivity contribution in [3.05, 3.63) is 53.4 Å². The number of hydrogen-bond acceptors (Lipinski definition) is 2. The summed E-state index contributed by atoms with van der Waals surface area (Å²) in [5.74, 6) is 0.188. The first-order valence-corrected chi connectivity index (χ1v) is 6.99. The summed E-state index contributed by atoms with van der Waals surface area (Å²) in [7, 11) is 1.84. The smallest absolute Gasteiger partial charge is 0.227 e. The van der Waals surface area contributed by atoms with Gasteiger partial charge >= 0.3 is 0 Å². The third-order valence-electron chi connectivity index (χ3n) is 2.91. The lowest BCUT2D eigenvalue weighted by atomic mass is 10.1. The van der Waals surface area contributed by atoms with Gasteiger partial charge in [0.1, 0.15) is 0 Å². The first-order valence-electron chi connectivity index (χ1n) is 6.11. The Balaban J connectivity index is 1.79. The fourth-order valence-corrected chi connectivity index (χ4v) is 2.55. The van der Waals surface area contributed by atoms with E-state index in [9.17, 15) is 4.79 Å².